The Bertz CT molecular complexity index is 485. The first kappa shape index (κ1) is 14.2. The maximum Gasteiger partial charge on any atom is 0.126 e. The Kier molecular flexibility index (Phi) is 3.93. The van der Waals surface area contributed by atoms with E-state index in [1.54, 1.807) is 13.2 Å². The van der Waals surface area contributed by atoms with Crippen LogP contribution in [0.15, 0.2) is 18.2 Å². The Hall–Kier alpha value is -0.770. The van der Waals surface area contributed by atoms with Crippen LogP contribution in [0.2, 0.25) is 5.02 Å². The van der Waals surface area contributed by atoms with Crippen molar-refractivity contribution in [2.45, 2.75) is 43.8 Å². The van der Waals surface area contributed by atoms with Gasteiger partial charge in [0.25, 0.3) is 0 Å². The molecule has 0 bridgehead atoms. The SMILES string of the molecule is COc1cccc(Cl)c1C(O)C1CCOC2(CCC2)C1. The summed E-state index contributed by atoms with van der Waals surface area (Å²) < 4.78 is 11.3. The predicted octanol–water partition coefficient (Wildman–Crippen LogP) is 3.73. The van der Waals surface area contributed by atoms with E-state index in [1.807, 2.05) is 12.1 Å². The number of halogens is 1. The molecule has 3 nitrogen and oxygen atoms in total. The fourth-order valence-corrected chi connectivity index (χ4v) is 3.75. The lowest BCUT2D eigenvalue weighted by Crippen LogP contribution is -2.46. The van der Waals surface area contributed by atoms with Crippen molar-refractivity contribution in [1.29, 1.82) is 0 Å². The standard InChI is InChI=1S/C16H21ClO3/c1-19-13-5-2-4-12(17)14(13)15(18)11-6-9-20-16(10-11)7-3-8-16/h2,4-5,11,15,18H,3,6-10H2,1H3. The summed E-state index contributed by atoms with van der Waals surface area (Å²) in [5.41, 5.74) is 0.747. The number of methoxy groups -OCH3 is 1. The first-order valence-electron chi connectivity index (χ1n) is 7.30. The van der Waals surface area contributed by atoms with Crippen LogP contribution in [-0.2, 0) is 4.74 Å². The van der Waals surface area contributed by atoms with Gasteiger partial charge in [0, 0.05) is 12.2 Å². The van der Waals surface area contributed by atoms with Gasteiger partial charge in [-0.25, -0.2) is 0 Å². The van der Waals surface area contributed by atoms with Gasteiger partial charge < -0.3 is 14.6 Å². The van der Waals surface area contributed by atoms with Crippen molar-refractivity contribution in [3.8, 4) is 5.75 Å². The molecule has 1 saturated heterocycles. The Morgan fingerprint density at radius 1 is 1.45 bits per heavy atom. The number of benzene rings is 1. The normalized spacial score (nSPS) is 26.1. The molecule has 0 aromatic heterocycles. The number of ether oxygens (including phenoxy) is 2. The summed E-state index contributed by atoms with van der Waals surface area (Å²) >= 11 is 6.27. The summed E-state index contributed by atoms with van der Waals surface area (Å²) in [6.45, 7) is 0.731. The summed E-state index contributed by atoms with van der Waals surface area (Å²) in [7, 11) is 1.61. The molecule has 1 saturated carbocycles. The second-order valence-corrected chi connectivity index (χ2v) is 6.35. The van der Waals surface area contributed by atoms with E-state index in [1.165, 1.54) is 6.42 Å². The highest BCUT2D eigenvalue weighted by Crippen LogP contribution is 2.48. The molecule has 0 amide bonds. The number of hydrogen-bond donors (Lipinski definition) is 1. The predicted molar refractivity (Wildman–Crippen MR) is 78.2 cm³/mol. The van der Waals surface area contributed by atoms with Gasteiger partial charge in [-0.2, -0.15) is 0 Å². The molecular weight excluding hydrogens is 276 g/mol. The van der Waals surface area contributed by atoms with Gasteiger partial charge in [0.1, 0.15) is 5.75 Å². The third kappa shape index (κ3) is 2.43. The van der Waals surface area contributed by atoms with E-state index in [0.29, 0.717) is 10.8 Å². The Morgan fingerprint density at radius 3 is 2.90 bits per heavy atom. The van der Waals surface area contributed by atoms with Crippen LogP contribution in [0.3, 0.4) is 0 Å². The van der Waals surface area contributed by atoms with E-state index < -0.39 is 6.10 Å². The van der Waals surface area contributed by atoms with Crippen LogP contribution in [0.1, 0.15) is 43.8 Å². The summed E-state index contributed by atoms with van der Waals surface area (Å²) in [4.78, 5) is 0. The zero-order valence-electron chi connectivity index (χ0n) is 11.8. The molecule has 3 rings (SSSR count). The monoisotopic (exact) mass is 296 g/mol. The first-order valence-corrected chi connectivity index (χ1v) is 7.67. The van der Waals surface area contributed by atoms with Crippen LogP contribution < -0.4 is 4.74 Å². The minimum atomic E-state index is -0.583. The van der Waals surface area contributed by atoms with E-state index in [2.05, 4.69) is 0 Å². The molecule has 1 aliphatic carbocycles. The molecule has 2 aliphatic rings. The minimum absolute atomic E-state index is 0.0262. The average molecular weight is 297 g/mol. The van der Waals surface area contributed by atoms with Crippen LogP contribution in [0.25, 0.3) is 0 Å². The molecule has 1 N–H and O–H groups in total. The number of aliphatic hydroxyl groups is 1. The topological polar surface area (TPSA) is 38.7 Å². The molecule has 1 aromatic rings. The second-order valence-electron chi connectivity index (χ2n) is 5.94. The van der Waals surface area contributed by atoms with E-state index >= 15 is 0 Å². The van der Waals surface area contributed by atoms with Gasteiger partial charge in [-0.05, 0) is 50.2 Å². The van der Waals surface area contributed by atoms with Crippen molar-refractivity contribution in [2.24, 2.45) is 5.92 Å². The molecule has 1 aliphatic heterocycles. The highest BCUT2D eigenvalue weighted by molar-refractivity contribution is 6.31. The molecule has 2 atom stereocenters. The zero-order valence-corrected chi connectivity index (χ0v) is 12.5. The molecule has 1 spiro atoms. The fraction of sp³-hybridized carbons (Fsp3) is 0.625. The van der Waals surface area contributed by atoms with Crippen molar-refractivity contribution < 1.29 is 14.6 Å². The van der Waals surface area contributed by atoms with Gasteiger partial charge in [0.05, 0.1) is 23.8 Å². The van der Waals surface area contributed by atoms with E-state index in [4.69, 9.17) is 21.1 Å². The highest BCUT2D eigenvalue weighted by Gasteiger charge is 2.44. The van der Waals surface area contributed by atoms with Gasteiger partial charge in [0.2, 0.25) is 0 Å². The van der Waals surface area contributed by atoms with Crippen LogP contribution >= 0.6 is 11.6 Å². The second kappa shape index (κ2) is 5.55. The van der Waals surface area contributed by atoms with Gasteiger partial charge in [-0.1, -0.05) is 17.7 Å². The van der Waals surface area contributed by atoms with E-state index in [9.17, 15) is 5.11 Å². The summed E-state index contributed by atoms with van der Waals surface area (Å²) in [5.74, 6) is 0.858. The Balaban J connectivity index is 1.83. The maximum absolute atomic E-state index is 10.8. The maximum atomic E-state index is 10.8. The van der Waals surface area contributed by atoms with Crippen molar-refractivity contribution >= 4 is 11.6 Å². The highest BCUT2D eigenvalue weighted by atomic mass is 35.5. The molecule has 1 aromatic carbocycles. The Labute approximate surface area is 124 Å². The molecule has 1 heterocycles. The van der Waals surface area contributed by atoms with Crippen molar-refractivity contribution in [2.75, 3.05) is 13.7 Å². The third-order valence-corrected chi connectivity index (χ3v) is 5.10. The summed E-state index contributed by atoms with van der Waals surface area (Å²) in [6, 6.07) is 5.50. The molecule has 4 heteroatoms. The van der Waals surface area contributed by atoms with Gasteiger partial charge in [-0.15, -0.1) is 0 Å². The first-order chi connectivity index (χ1) is 9.65. The summed E-state index contributed by atoms with van der Waals surface area (Å²) in [5, 5.41) is 11.3. The number of rotatable bonds is 3. The minimum Gasteiger partial charge on any atom is -0.496 e. The largest absolute Gasteiger partial charge is 0.496 e. The van der Waals surface area contributed by atoms with Crippen LogP contribution in [0.5, 0.6) is 5.75 Å². The van der Waals surface area contributed by atoms with Crippen molar-refractivity contribution in [1.82, 2.24) is 0 Å². The lowest BCUT2D eigenvalue weighted by molar-refractivity contribution is -0.157. The average Bonchev–Trinajstić information content (AvgIpc) is 2.44. The van der Waals surface area contributed by atoms with E-state index in [0.717, 1.165) is 37.9 Å². The molecule has 0 radical (unpaired) electrons. The number of hydrogen-bond acceptors (Lipinski definition) is 3. The van der Waals surface area contributed by atoms with Crippen LogP contribution in [0.4, 0.5) is 0 Å². The quantitative estimate of drug-likeness (QED) is 0.923. The Morgan fingerprint density at radius 2 is 2.25 bits per heavy atom. The number of aliphatic hydroxyl groups excluding tert-OH is 1. The molecule has 110 valence electrons. The van der Waals surface area contributed by atoms with Crippen molar-refractivity contribution in [3.05, 3.63) is 28.8 Å². The lowest BCUT2D eigenvalue weighted by atomic mass is 9.70. The van der Waals surface area contributed by atoms with Gasteiger partial charge in [-0.3, -0.25) is 0 Å². The zero-order chi connectivity index (χ0) is 14.2. The fourth-order valence-electron chi connectivity index (χ4n) is 3.47. The molecular formula is C16H21ClO3. The van der Waals surface area contributed by atoms with E-state index in [-0.39, 0.29) is 11.5 Å². The third-order valence-electron chi connectivity index (χ3n) is 4.77. The van der Waals surface area contributed by atoms with Crippen LogP contribution in [-0.4, -0.2) is 24.4 Å². The van der Waals surface area contributed by atoms with Gasteiger partial charge >= 0.3 is 0 Å². The lowest BCUT2D eigenvalue weighted by Gasteiger charge is -2.48. The molecule has 2 fully saturated rings. The van der Waals surface area contributed by atoms with Crippen molar-refractivity contribution in [3.63, 3.8) is 0 Å². The molecule has 2 unspecified atom stereocenters. The molecule has 20 heavy (non-hydrogen) atoms. The van der Waals surface area contributed by atoms with Crippen LogP contribution in [0, 0.1) is 5.92 Å². The smallest absolute Gasteiger partial charge is 0.126 e. The van der Waals surface area contributed by atoms with Gasteiger partial charge in [0.15, 0.2) is 0 Å². The summed E-state index contributed by atoms with van der Waals surface area (Å²) in [6.07, 6.45) is 4.68.